The molecule has 3 amide bonds. The topological polar surface area (TPSA) is 70.8 Å². The molecule has 2 aliphatic rings. The smallest absolute Gasteiger partial charge is 0.247 e. The molecule has 2 atom stereocenters. The Morgan fingerprint density at radius 3 is 2.29 bits per heavy atom. The zero-order chi connectivity index (χ0) is 19.7. The summed E-state index contributed by atoms with van der Waals surface area (Å²) in [6.45, 7) is 1.96. The lowest BCUT2D eigenvalue weighted by molar-refractivity contribution is -0.143. The van der Waals surface area contributed by atoms with Crippen LogP contribution in [0.2, 0.25) is 0 Å². The SMILES string of the molecule is Cc1ccc(N(Cc2ccco2)C(=O)CN2C(=O)C3CC=CCC3C2=O)cc1. The van der Waals surface area contributed by atoms with Gasteiger partial charge in [-0.2, -0.15) is 0 Å². The minimum Gasteiger partial charge on any atom is -0.467 e. The number of carbonyl (C=O) groups is 3. The molecule has 1 saturated heterocycles. The number of hydrogen-bond acceptors (Lipinski definition) is 4. The van der Waals surface area contributed by atoms with Crippen LogP contribution in [-0.2, 0) is 20.9 Å². The van der Waals surface area contributed by atoms with Crippen molar-refractivity contribution in [2.45, 2.75) is 26.3 Å². The molecule has 1 aliphatic carbocycles. The van der Waals surface area contributed by atoms with E-state index in [4.69, 9.17) is 4.42 Å². The van der Waals surface area contributed by atoms with E-state index in [1.165, 1.54) is 0 Å². The summed E-state index contributed by atoms with van der Waals surface area (Å²) >= 11 is 0. The Morgan fingerprint density at radius 2 is 1.71 bits per heavy atom. The van der Waals surface area contributed by atoms with Crippen molar-refractivity contribution < 1.29 is 18.8 Å². The van der Waals surface area contributed by atoms with E-state index in [1.807, 2.05) is 43.3 Å². The molecule has 0 N–H and O–H groups in total. The standard InChI is InChI=1S/C22H22N2O4/c1-15-8-10-16(11-9-15)23(13-17-5-4-12-28-17)20(25)14-24-21(26)18-6-2-3-7-19(18)22(24)27/h2-5,8-12,18-19H,6-7,13-14H2,1H3. The Morgan fingerprint density at radius 1 is 1.07 bits per heavy atom. The largest absolute Gasteiger partial charge is 0.467 e. The van der Waals surface area contributed by atoms with Gasteiger partial charge in [0.25, 0.3) is 0 Å². The average molecular weight is 378 g/mol. The van der Waals surface area contributed by atoms with E-state index in [2.05, 4.69) is 0 Å². The summed E-state index contributed by atoms with van der Waals surface area (Å²) in [6, 6.07) is 11.1. The molecule has 2 unspecified atom stereocenters. The van der Waals surface area contributed by atoms with Crippen LogP contribution in [0.3, 0.4) is 0 Å². The first kappa shape index (κ1) is 18.2. The molecule has 1 aliphatic heterocycles. The van der Waals surface area contributed by atoms with Gasteiger partial charge in [-0.3, -0.25) is 19.3 Å². The highest BCUT2D eigenvalue weighted by molar-refractivity contribution is 6.09. The van der Waals surface area contributed by atoms with E-state index in [1.54, 1.807) is 23.3 Å². The predicted octanol–water partition coefficient (Wildman–Crippen LogP) is 3.07. The van der Waals surface area contributed by atoms with Crippen molar-refractivity contribution in [3.05, 3.63) is 66.1 Å². The van der Waals surface area contributed by atoms with Gasteiger partial charge in [-0.25, -0.2) is 0 Å². The summed E-state index contributed by atoms with van der Waals surface area (Å²) in [6.07, 6.45) is 6.56. The summed E-state index contributed by atoms with van der Waals surface area (Å²) in [7, 11) is 0. The summed E-state index contributed by atoms with van der Waals surface area (Å²) < 4.78 is 5.40. The maximum atomic E-state index is 13.1. The fraction of sp³-hybridized carbons (Fsp3) is 0.318. The van der Waals surface area contributed by atoms with Gasteiger partial charge in [0.2, 0.25) is 17.7 Å². The van der Waals surface area contributed by atoms with Crippen LogP contribution < -0.4 is 4.90 Å². The number of amides is 3. The second-order valence-electron chi connectivity index (χ2n) is 7.31. The average Bonchev–Trinajstić information content (AvgIpc) is 3.30. The first-order valence-electron chi connectivity index (χ1n) is 9.44. The van der Waals surface area contributed by atoms with Gasteiger partial charge in [-0.15, -0.1) is 0 Å². The van der Waals surface area contributed by atoms with Gasteiger partial charge in [-0.1, -0.05) is 29.8 Å². The number of aryl methyl sites for hydroxylation is 1. The normalized spacial score (nSPS) is 21.1. The van der Waals surface area contributed by atoms with Gasteiger partial charge in [-0.05, 0) is 44.0 Å². The van der Waals surface area contributed by atoms with Gasteiger partial charge in [0.15, 0.2) is 0 Å². The lowest BCUT2D eigenvalue weighted by atomic mass is 9.85. The zero-order valence-corrected chi connectivity index (χ0v) is 15.7. The number of hydrogen-bond donors (Lipinski definition) is 0. The van der Waals surface area contributed by atoms with Crippen molar-refractivity contribution in [1.82, 2.24) is 4.90 Å². The summed E-state index contributed by atoms with van der Waals surface area (Å²) in [5.74, 6) is -0.824. The molecular weight excluding hydrogens is 356 g/mol. The predicted molar refractivity (Wildman–Crippen MR) is 103 cm³/mol. The summed E-state index contributed by atoms with van der Waals surface area (Å²) in [5.41, 5.74) is 1.78. The van der Waals surface area contributed by atoms with Crippen LogP contribution in [0.25, 0.3) is 0 Å². The lowest BCUT2D eigenvalue weighted by Gasteiger charge is -2.24. The van der Waals surface area contributed by atoms with E-state index < -0.39 is 0 Å². The third-order valence-corrected chi connectivity index (χ3v) is 5.43. The van der Waals surface area contributed by atoms with Gasteiger partial charge in [0.05, 0.1) is 24.6 Å². The van der Waals surface area contributed by atoms with Crippen molar-refractivity contribution in [3.63, 3.8) is 0 Å². The minimum atomic E-state index is -0.330. The van der Waals surface area contributed by atoms with Crippen molar-refractivity contribution in [2.24, 2.45) is 11.8 Å². The number of rotatable bonds is 5. The minimum absolute atomic E-state index is 0.236. The number of likely N-dealkylation sites (tertiary alicyclic amines) is 1. The molecule has 144 valence electrons. The number of fused-ring (bicyclic) bond motifs is 1. The van der Waals surface area contributed by atoms with Gasteiger partial charge in [0.1, 0.15) is 12.3 Å². The number of benzene rings is 1. The number of allylic oxidation sites excluding steroid dienone is 2. The zero-order valence-electron chi connectivity index (χ0n) is 15.7. The second-order valence-corrected chi connectivity index (χ2v) is 7.31. The van der Waals surface area contributed by atoms with Crippen LogP contribution >= 0.6 is 0 Å². The van der Waals surface area contributed by atoms with Crippen molar-refractivity contribution in [2.75, 3.05) is 11.4 Å². The van der Waals surface area contributed by atoms with Crippen LogP contribution in [-0.4, -0.2) is 29.2 Å². The molecule has 0 bridgehead atoms. The van der Waals surface area contributed by atoms with Gasteiger partial charge < -0.3 is 9.32 Å². The summed E-state index contributed by atoms with van der Waals surface area (Å²) in [4.78, 5) is 41.2. The fourth-order valence-corrected chi connectivity index (χ4v) is 3.85. The Kier molecular flexibility index (Phi) is 4.86. The molecule has 2 heterocycles. The molecule has 0 radical (unpaired) electrons. The van der Waals surface area contributed by atoms with Crippen molar-refractivity contribution >= 4 is 23.4 Å². The van der Waals surface area contributed by atoms with E-state index in [0.29, 0.717) is 24.3 Å². The molecular formula is C22H22N2O4. The molecule has 1 fully saturated rings. The first-order chi connectivity index (χ1) is 13.5. The highest BCUT2D eigenvalue weighted by Crippen LogP contribution is 2.35. The number of imide groups is 1. The third-order valence-electron chi connectivity index (χ3n) is 5.43. The third kappa shape index (κ3) is 3.38. The lowest BCUT2D eigenvalue weighted by Crippen LogP contribution is -2.43. The molecule has 1 aromatic carbocycles. The van der Waals surface area contributed by atoms with E-state index in [-0.39, 0.29) is 42.6 Å². The monoisotopic (exact) mass is 378 g/mol. The van der Waals surface area contributed by atoms with Crippen LogP contribution in [0.15, 0.2) is 59.2 Å². The number of furan rings is 1. The molecule has 6 nitrogen and oxygen atoms in total. The Balaban J connectivity index is 1.56. The summed E-state index contributed by atoms with van der Waals surface area (Å²) in [5, 5.41) is 0. The van der Waals surface area contributed by atoms with Crippen molar-refractivity contribution in [1.29, 1.82) is 0 Å². The maximum Gasteiger partial charge on any atom is 0.247 e. The second kappa shape index (κ2) is 7.46. The molecule has 4 rings (SSSR count). The van der Waals surface area contributed by atoms with Crippen LogP contribution in [0.5, 0.6) is 0 Å². The van der Waals surface area contributed by atoms with Crippen LogP contribution in [0, 0.1) is 18.8 Å². The van der Waals surface area contributed by atoms with Crippen molar-refractivity contribution in [3.8, 4) is 0 Å². The quantitative estimate of drug-likeness (QED) is 0.592. The fourth-order valence-electron chi connectivity index (χ4n) is 3.85. The molecule has 0 saturated carbocycles. The van der Waals surface area contributed by atoms with E-state index >= 15 is 0 Å². The van der Waals surface area contributed by atoms with Crippen LogP contribution in [0.4, 0.5) is 5.69 Å². The highest BCUT2D eigenvalue weighted by Gasteiger charge is 2.48. The number of carbonyl (C=O) groups excluding carboxylic acids is 3. The maximum absolute atomic E-state index is 13.1. The Hall–Kier alpha value is -3.15. The Bertz CT molecular complexity index is 889. The number of nitrogens with zero attached hydrogens (tertiary/aromatic N) is 2. The van der Waals surface area contributed by atoms with E-state index in [9.17, 15) is 14.4 Å². The molecule has 1 aromatic heterocycles. The first-order valence-corrected chi connectivity index (χ1v) is 9.44. The highest BCUT2D eigenvalue weighted by atomic mass is 16.3. The van der Waals surface area contributed by atoms with Gasteiger partial charge >= 0.3 is 0 Å². The van der Waals surface area contributed by atoms with Gasteiger partial charge in [0, 0.05) is 5.69 Å². The molecule has 6 heteroatoms. The van der Waals surface area contributed by atoms with E-state index in [0.717, 1.165) is 10.5 Å². The molecule has 28 heavy (non-hydrogen) atoms. The molecule has 2 aromatic rings. The number of anilines is 1. The Labute approximate surface area is 163 Å². The molecule has 0 spiro atoms. The van der Waals surface area contributed by atoms with Crippen LogP contribution in [0.1, 0.15) is 24.2 Å².